The predicted molar refractivity (Wildman–Crippen MR) is 63.7 cm³/mol. The van der Waals surface area contributed by atoms with Gasteiger partial charge in [0.1, 0.15) is 5.52 Å². The van der Waals surface area contributed by atoms with Crippen molar-refractivity contribution in [3.63, 3.8) is 0 Å². The Hall–Kier alpha value is -1.62. The minimum absolute atomic E-state index is 0.136. The molecule has 0 saturated heterocycles. The van der Waals surface area contributed by atoms with Crippen molar-refractivity contribution in [3.05, 3.63) is 40.8 Å². The van der Waals surface area contributed by atoms with E-state index in [9.17, 15) is 13.2 Å². The number of rotatable bonds is 2. The van der Waals surface area contributed by atoms with Crippen LogP contribution in [0.5, 0.6) is 0 Å². The van der Waals surface area contributed by atoms with Crippen LogP contribution in [0.15, 0.2) is 12.1 Å². The molecule has 0 fully saturated rings. The van der Waals surface area contributed by atoms with Crippen LogP contribution in [0.2, 0.25) is 0 Å². The molecule has 1 aromatic heterocycles. The van der Waals surface area contributed by atoms with E-state index in [0.29, 0.717) is 17.7 Å². The fraction of sp³-hybridized carbons (Fsp3) is 0.308. The molecule has 2 rings (SSSR count). The number of aryl methyl sites for hydroxylation is 1. The van der Waals surface area contributed by atoms with Gasteiger partial charge in [-0.3, -0.25) is 0 Å². The molecule has 0 aliphatic rings. The number of aromatic nitrogens is 1. The van der Waals surface area contributed by atoms with Crippen molar-refractivity contribution in [2.24, 2.45) is 5.73 Å². The van der Waals surface area contributed by atoms with Crippen LogP contribution < -0.4 is 5.73 Å². The van der Waals surface area contributed by atoms with Gasteiger partial charge in [-0.15, -0.1) is 0 Å². The van der Waals surface area contributed by atoms with Gasteiger partial charge < -0.3 is 5.73 Å². The second-order valence-corrected chi connectivity index (χ2v) is 4.49. The van der Waals surface area contributed by atoms with E-state index in [1.165, 1.54) is 0 Å². The van der Waals surface area contributed by atoms with Crippen LogP contribution in [0.3, 0.4) is 0 Å². The van der Waals surface area contributed by atoms with Crippen molar-refractivity contribution in [1.29, 1.82) is 0 Å². The summed E-state index contributed by atoms with van der Waals surface area (Å²) < 4.78 is 40.0. The number of halogens is 3. The lowest BCUT2D eigenvalue weighted by Gasteiger charge is -2.09. The highest BCUT2D eigenvalue weighted by atomic mass is 19.2. The van der Waals surface area contributed by atoms with E-state index in [1.807, 2.05) is 0 Å². The Morgan fingerprint density at radius 3 is 2.50 bits per heavy atom. The number of hydrogen-bond acceptors (Lipinski definition) is 2. The molecule has 0 aliphatic carbocycles. The Morgan fingerprint density at radius 1 is 1.22 bits per heavy atom. The lowest BCUT2D eigenvalue weighted by atomic mass is 10.1. The van der Waals surface area contributed by atoms with Gasteiger partial charge in [0.25, 0.3) is 0 Å². The van der Waals surface area contributed by atoms with Crippen LogP contribution in [-0.4, -0.2) is 11.0 Å². The maximum absolute atomic E-state index is 13.6. The molecule has 2 N–H and O–H groups in total. The van der Waals surface area contributed by atoms with Crippen molar-refractivity contribution in [1.82, 2.24) is 4.98 Å². The zero-order chi connectivity index (χ0) is 13.4. The molecule has 1 heterocycles. The molecule has 96 valence electrons. The van der Waals surface area contributed by atoms with Gasteiger partial charge in [0.05, 0.1) is 0 Å². The molecule has 0 radical (unpaired) electrons. The van der Waals surface area contributed by atoms with E-state index >= 15 is 0 Å². The van der Waals surface area contributed by atoms with Gasteiger partial charge in [0, 0.05) is 23.5 Å². The maximum atomic E-state index is 13.6. The summed E-state index contributed by atoms with van der Waals surface area (Å²) in [5.41, 5.74) is 6.71. The van der Waals surface area contributed by atoms with Crippen LogP contribution >= 0.6 is 0 Å². The smallest absolute Gasteiger partial charge is 0.196 e. The standard InChI is InChI=1S/C13H13F3N2/c1-6-3-8(4-7(2)17)18-13-9(6)5-10(14)11(15)12(13)16/h3,5,7H,4,17H2,1-2H3. The summed E-state index contributed by atoms with van der Waals surface area (Å²) in [5, 5.41) is 0.278. The minimum atomic E-state index is -1.49. The number of pyridine rings is 1. The first-order valence-corrected chi connectivity index (χ1v) is 5.59. The Bertz CT molecular complexity index is 609. The molecule has 1 aromatic carbocycles. The van der Waals surface area contributed by atoms with E-state index in [-0.39, 0.29) is 16.9 Å². The highest BCUT2D eigenvalue weighted by Gasteiger charge is 2.16. The van der Waals surface area contributed by atoms with Crippen LogP contribution in [0.25, 0.3) is 10.9 Å². The van der Waals surface area contributed by atoms with Gasteiger partial charge in [-0.25, -0.2) is 18.2 Å². The minimum Gasteiger partial charge on any atom is -0.328 e. The van der Waals surface area contributed by atoms with Crippen molar-refractivity contribution in [2.45, 2.75) is 26.3 Å². The predicted octanol–water partition coefficient (Wildman–Crippen LogP) is 2.85. The average Bonchev–Trinajstić information content (AvgIpc) is 2.27. The summed E-state index contributed by atoms with van der Waals surface area (Å²) in [6.45, 7) is 3.49. The molecule has 2 nitrogen and oxygen atoms in total. The number of nitrogens with two attached hydrogens (primary N) is 1. The fourth-order valence-electron chi connectivity index (χ4n) is 1.93. The van der Waals surface area contributed by atoms with Crippen molar-refractivity contribution in [2.75, 3.05) is 0 Å². The normalized spacial score (nSPS) is 13.0. The van der Waals surface area contributed by atoms with Gasteiger partial charge in [-0.05, 0) is 31.5 Å². The SMILES string of the molecule is Cc1cc(CC(C)N)nc2c(F)c(F)c(F)cc12. The third kappa shape index (κ3) is 2.18. The van der Waals surface area contributed by atoms with Gasteiger partial charge in [0.2, 0.25) is 0 Å². The largest absolute Gasteiger partial charge is 0.328 e. The first-order valence-electron chi connectivity index (χ1n) is 5.59. The summed E-state index contributed by atoms with van der Waals surface area (Å²) in [7, 11) is 0. The zero-order valence-electron chi connectivity index (χ0n) is 10.1. The van der Waals surface area contributed by atoms with Crippen LogP contribution in [0.1, 0.15) is 18.2 Å². The fourth-order valence-corrected chi connectivity index (χ4v) is 1.93. The first kappa shape index (κ1) is 12.8. The lowest BCUT2D eigenvalue weighted by Crippen LogP contribution is -2.18. The zero-order valence-corrected chi connectivity index (χ0v) is 10.1. The molecule has 0 saturated carbocycles. The van der Waals surface area contributed by atoms with E-state index < -0.39 is 17.5 Å². The molecule has 0 amide bonds. The Balaban J connectivity index is 2.71. The second kappa shape index (κ2) is 4.57. The Kier molecular flexibility index (Phi) is 3.26. The molecule has 5 heteroatoms. The highest BCUT2D eigenvalue weighted by molar-refractivity contribution is 5.83. The van der Waals surface area contributed by atoms with Crippen molar-refractivity contribution < 1.29 is 13.2 Å². The van der Waals surface area contributed by atoms with Crippen molar-refractivity contribution in [3.8, 4) is 0 Å². The topological polar surface area (TPSA) is 38.9 Å². The number of benzene rings is 1. The summed E-state index contributed by atoms with van der Waals surface area (Å²) in [6.07, 6.45) is 0.454. The lowest BCUT2D eigenvalue weighted by molar-refractivity contribution is 0.452. The van der Waals surface area contributed by atoms with Crippen LogP contribution in [-0.2, 0) is 6.42 Å². The van der Waals surface area contributed by atoms with Gasteiger partial charge >= 0.3 is 0 Å². The molecule has 2 aromatic rings. The van der Waals surface area contributed by atoms with Crippen LogP contribution in [0, 0.1) is 24.4 Å². The summed E-state index contributed by atoms with van der Waals surface area (Å²) in [6, 6.07) is 2.54. The Labute approximate surface area is 103 Å². The summed E-state index contributed by atoms with van der Waals surface area (Å²) >= 11 is 0. The summed E-state index contributed by atoms with van der Waals surface area (Å²) in [4.78, 5) is 4.02. The molecular weight excluding hydrogens is 241 g/mol. The van der Waals surface area contributed by atoms with E-state index in [2.05, 4.69) is 4.98 Å². The third-order valence-corrected chi connectivity index (χ3v) is 2.73. The molecule has 0 aliphatic heterocycles. The van der Waals surface area contributed by atoms with E-state index in [4.69, 9.17) is 5.73 Å². The van der Waals surface area contributed by atoms with Crippen molar-refractivity contribution >= 4 is 10.9 Å². The van der Waals surface area contributed by atoms with E-state index in [1.54, 1.807) is 19.9 Å². The molecule has 0 spiro atoms. The average molecular weight is 254 g/mol. The molecule has 0 bridgehead atoms. The molecule has 18 heavy (non-hydrogen) atoms. The first-order chi connectivity index (χ1) is 8.40. The third-order valence-electron chi connectivity index (χ3n) is 2.73. The quantitative estimate of drug-likeness (QED) is 0.837. The van der Waals surface area contributed by atoms with E-state index in [0.717, 1.165) is 6.07 Å². The monoisotopic (exact) mass is 254 g/mol. The van der Waals surface area contributed by atoms with Crippen LogP contribution in [0.4, 0.5) is 13.2 Å². The maximum Gasteiger partial charge on any atom is 0.196 e. The summed E-state index contributed by atoms with van der Waals surface area (Å²) in [5.74, 6) is -3.95. The Morgan fingerprint density at radius 2 is 1.89 bits per heavy atom. The second-order valence-electron chi connectivity index (χ2n) is 4.49. The molecular formula is C13H13F3N2. The molecule has 1 atom stereocenters. The molecule has 1 unspecified atom stereocenters. The number of nitrogens with zero attached hydrogens (tertiary/aromatic N) is 1. The van der Waals surface area contributed by atoms with Gasteiger partial charge in [-0.1, -0.05) is 0 Å². The number of fused-ring (bicyclic) bond motifs is 1. The number of hydrogen-bond donors (Lipinski definition) is 1. The van der Waals surface area contributed by atoms with Gasteiger partial charge in [0.15, 0.2) is 17.5 Å². The van der Waals surface area contributed by atoms with Gasteiger partial charge in [-0.2, -0.15) is 0 Å². The highest BCUT2D eigenvalue weighted by Crippen LogP contribution is 2.25.